The van der Waals surface area contributed by atoms with Crippen molar-refractivity contribution in [2.75, 3.05) is 36.5 Å². The first-order valence-corrected chi connectivity index (χ1v) is 8.30. The number of para-hydroxylation sites is 1. The number of benzene rings is 2. The van der Waals surface area contributed by atoms with E-state index in [0.717, 1.165) is 5.69 Å². The van der Waals surface area contributed by atoms with Gasteiger partial charge in [0.05, 0.1) is 23.7 Å². The molecule has 132 valence electrons. The molecule has 0 radical (unpaired) electrons. The number of hydrogen-bond donors (Lipinski definition) is 1. The number of nitro benzene ring substituents is 1. The molecule has 3 aromatic rings. The molecule has 2 aromatic carbocycles. The molecule has 26 heavy (non-hydrogen) atoms. The fourth-order valence-electron chi connectivity index (χ4n) is 3.04. The van der Waals surface area contributed by atoms with Crippen molar-refractivity contribution in [1.82, 2.24) is 9.97 Å². The Kier molecular flexibility index (Phi) is 4.32. The second-order valence-corrected chi connectivity index (χ2v) is 5.93. The minimum Gasteiger partial charge on any atom is -0.378 e. The average Bonchev–Trinajstić information content (AvgIpc) is 2.69. The van der Waals surface area contributed by atoms with Crippen LogP contribution in [-0.2, 0) is 4.74 Å². The van der Waals surface area contributed by atoms with Crippen molar-refractivity contribution in [2.24, 2.45) is 0 Å². The van der Waals surface area contributed by atoms with Crippen LogP contribution in [0, 0.1) is 10.1 Å². The smallest absolute Gasteiger partial charge is 0.293 e. The van der Waals surface area contributed by atoms with Gasteiger partial charge < -0.3 is 15.0 Å². The predicted molar refractivity (Wildman–Crippen MR) is 98.9 cm³/mol. The SMILES string of the molecule is O=[N+]([O-])c1cc2c(Nc3ccccc3)ncnc2cc1N1CCOCC1. The minimum atomic E-state index is -0.358. The van der Waals surface area contributed by atoms with Gasteiger partial charge in [-0.3, -0.25) is 10.1 Å². The number of nitrogens with one attached hydrogen (secondary N) is 1. The zero-order valence-corrected chi connectivity index (χ0v) is 14.0. The average molecular weight is 351 g/mol. The highest BCUT2D eigenvalue weighted by Crippen LogP contribution is 2.35. The van der Waals surface area contributed by atoms with Gasteiger partial charge >= 0.3 is 0 Å². The number of nitrogens with zero attached hydrogens (tertiary/aromatic N) is 4. The van der Waals surface area contributed by atoms with Crippen LogP contribution in [0.4, 0.5) is 22.9 Å². The Labute approximate surface area is 149 Å². The molecule has 1 fully saturated rings. The van der Waals surface area contributed by atoms with Gasteiger partial charge in [-0.25, -0.2) is 9.97 Å². The van der Waals surface area contributed by atoms with Crippen molar-refractivity contribution < 1.29 is 9.66 Å². The Morgan fingerprint density at radius 3 is 2.62 bits per heavy atom. The van der Waals surface area contributed by atoms with Crippen LogP contribution in [-0.4, -0.2) is 41.2 Å². The van der Waals surface area contributed by atoms with Gasteiger partial charge in [0.15, 0.2) is 0 Å². The van der Waals surface area contributed by atoms with E-state index >= 15 is 0 Å². The lowest BCUT2D eigenvalue weighted by atomic mass is 10.1. The van der Waals surface area contributed by atoms with E-state index in [-0.39, 0.29) is 10.6 Å². The van der Waals surface area contributed by atoms with E-state index in [1.165, 1.54) is 6.33 Å². The van der Waals surface area contributed by atoms with E-state index in [1.54, 1.807) is 12.1 Å². The van der Waals surface area contributed by atoms with Crippen molar-refractivity contribution in [3.63, 3.8) is 0 Å². The summed E-state index contributed by atoms with van der Waals surface area (Å²) in [5.74, 6) is 0.540. The summed E-state index contributed by atoms with van der Waals surface area (Å²) < 4.78 is 5.35. The third kappa shape index (κ3) is 3.14. The van der Waals surface area contributed by atoms with Gasteiger partial charge in [0, 0.05) is 30.2 Å². The summed E-state index contributed by atoms with van der Waals surface area (Å²) in [4.78, 5) is 21.8. The second kappa shape index (κ2) is 6.93. The molecule has 0 unspecified atom stereocenters. The molecular weight excluding hydrogens is 334 g/mol. The number of ether oxygens (including phenoxy) is 1. The number of rotatable bonds is 4. The van der Waals surface area contributed by atoms with E-state index in [1.807, 2.05) is 35.2 Å². The molecule has 1 N–H and O–H groups in total. The molecule has 0 saturated carbocycles. The van der Waals surface area contributed by atoms with Gasteiger partial charge in [-0.1, -0.05) is 18.2 Å². The number of hydrogen-bond acceptors (Lipinski definition) is 7. The maximum absolute atomic E-state index is 11.7. The van der Waals surface area contributed by atoms with Crippen LogP contribution < -0.4 is 10.2 Å². The number of fused-ring (bicyclic) bond motifs is 1. The van der Waals surface area contributed by atoms with Gasteiger partial charge in [0.1, 0.15) is 17.8 Å². The van der Waals surface area contributed by atoms with Crippen molar-refractivity contribution in [1.29, 1.82) is 0 Å². The normalized spacial score (nSPS) is 14.4. The number of aromatic nitrogens is 2. The molecular formula is C18H17N5O3. The molecule has 0 bridgehead atoms. The molecule has 8 nitrogen and oxygen atoms in total. The van der Waals surface area contributed by atoms with E-state index in [4.69, 9.17) is 4.74 Å². The monoisotopic (exact) mass is 351 g/mol. The fraction of sp³-hybridized carbons (Fsp3) is 0.222. The number of morpholine rings is 1. The molecule has 1 aliphatic rings. The van der Waals surface area contributed by atoms with E-state index in [9.17, 15) is 10.1 Å². The summed E-state index contributed by atoms with van der Waals surface area (Å²) in [6, 6.07) is 12.9. The van der Waals surface area contributed by atoms with Crippen LogP contribution in [0.3, 0.4) is 0 Å². The van der Waals surface area contributed by atoms with Crippen molar-refractivity contribution >= 4 is 33.8 Å². The first-order valence-electron chi connectivity index (χ1n) is 8.30. The van der Waals surface area contributed by atoms with Gasteiger partial charge in [0.25, 0.3) is 5.69 Å². The third-order valence-corrected chi connectivity index (χ3v) is 4.32. The fourth-order valence-corrected chi connectivity index (χ4v) is 3.04. The number of anilines is 3. The Balaban J connectivity index is 1.81. The molecule has 1 aliphatic heterocycles. The van der Waals surface area contributed by atoms with Gasteiger partial charge in [0.2, 0.25) is 0 Å². The molecule has 2 heterocycles. The highest BCUT2D eigenvalue weighted by molar-refractivity contribution is 5.95. The predicted octanol–water partition coefficient (Wildman–Crippen LogP) is 3.12. The summed E-state index contributed by atoms with van der Waals surface area (Å²) in [6.07, 6.45) is 1.46. The maximum Gasteiger partial charge on any atom is 0.293 e. The Hall–Kier alpha value is -3.26. The first-order chi connectivity index (χ1) is 12.7. The number of nitro groups is 1. The van der Waals surface area contributed by atoms with Crippen LogP contribution in [0.25, 0.3) is 10.9 Å². The lowest BCUT2D eigenvalue weighted by Crippen LogP contribution is -2.36. The minimum absolute atomic E-state index is 0.0466. The maximum atomic E-state index is 11.7. The largest absolute Gasteiger partial charge is 0.378 e. The topological polar surface area (TPSA) is 93.4 Å². The zero-order valence-electron chi connectivity index (χ0n) is 14.0. The molecule has 1 aromatic heterocycles. The van der Waals surface area contributed by atoms with E-state index < -0.39 is 0 Å². The van der Waals surface area contributed by atoms with Crippen LogP contribution >= 0.6 is 0 Å². The van der Waals surface area contributed by atoms with Crippen LogP contribution in [0.15, 0.2) is 48.8 Å². The standard InChI is InChI=1S/C18H17N5O3/c24-23(25)17-10-14-15(11-16(17)22-6-8-26-9-7-22)19-12-20-18(14)21-13-4-2-1-3-5-13/h1-5,10-12H,6-9H2,(H,19,20,21). The molecule has 1 saturated heterocycles. The summed E-state index contributed by atoms with van der Waals surface area (Å²) >= 11 is 0. The summed E-state index contributed by atoms with van der Waals surface area (Å²) in [5.41, 5.74) is 2.12. The molecule has 0 amide bonds. The van der Waals surface area contributed by atoms with E-state index in [2.05, 4.69) is 15.3 Å². The molecule has 4 rings (SSSR count). The molecule has 8 heteroatoms. The van der Waals surface area contributed by atoms with Crippen LogP contribution in [0.2, 0.25) is 0 Å². The summed E-state index contributed by atoms with van der Waals surface area (Å²) in [5, 5.41) is 15.5. The summed E-state index contributed by atoms with van der Waals surface area (Å²) in [7, 11) is 0. The highest BCUT2D eigenvalue weighted by atomic mass is 16.6. The van der Waals surface area contributed by atoms with Crippen LogP contribution in [0.5, 0.6) is 0 Å². The van der Waals surface area contributed by atoms with Crippen LogP contribution in [0.1, 0.15) is 0 Å². The van der Waals surface area contributed by atoms with Gasteiger partial charge in [-0.2, -0.15) is 0 Å². The molecule has 0 atom stereocenters. The second-order valence-electron chi connectivity index (χ2n) is 5.93. The lowest BCUT2D eigenvalue weighted by Gasteiger charge is -2.28. The van der Waals surface area contributed by atoms with Crippen molar-refractivity contribution in [2.45, 2.75) is 0 Å². The van der Waals surface area contributed by atoms with Gasteiger partial charge in [-0.05, 0) is 18.2 Å². The first kappa shape index (κ1) is 16.2. The van der Waals surface area contributed by atoms with Crippen molar-refractivity contribution in [3.8, 4) is 0 Å². The Bertz CT molecular complexity index is 942. The summed E-state index contributed by atoms with van der Waals surface area (Å²) in [6.45, 7) is 2.35. The van der Waals surface area contributed by atoms with Gasteiger partial charge in [-0.15, -0.1) is 0 Å². The van der Waals surface area contributed by atoms with Crippen molar-refractivity contribution in [3.05, 3.63) is 58.9 Å². The third-order valence-electron chi connectivity index (χ3n) is 4.32. The van der Waals surface area contributed by atoms with E-state index in [0.29, 0.717) is 48.7 Å². The molecule has 0 aliphatic carbocycles. The molecule has 0 spiro atoms. The quantitative estimate of drug-likeness (QED) is 0.570. The zero-order chi connectivity index (χ0) is 17.9. The lowest BCUT2D eigenvalue weighted by molar-refractivity contribution is -0.384. The Morgan fingerprint density at radius 1 is 1.12 bits per heavy atom. The highest BCUT2D eigenvalue weighted by Gasteiger charge is 2.23. The Morgan fingerprint density at radius 2 is 1.88 bits per heavy atom.